The summed E-state index contributed by atoms with van der Waals surface area (Å²) in [5.74, 6) is 0.128. The number of rotatable bonds is 6. The average Bonchev–Trinajstić information content (AvgIpc) is 2.92. The SMILES string of the molecule is CCOc1ccccc1NC(=S)Nc1cnn(CC)c1C(N)=O. The van der Waals surface area contributed by atoms with Crippen molar-refractivity contribution in [3.05, 3.63) is 36.2 Å². The van der Waals surface area contributed by atoms with Crippen LogP contribution in [0.5, 0.6) is 5.75 Å². The van der Waals surface area contributed by atoms with Gasteiger partial charge in [-0.25, -0.2) is 0 Å². The van der Waals surface area contributed by atoms with Crippen LogP contribution in [-0.2, 0) is 6.54 Å². The van der Waals surface area contributed by atoms with Crippen LogP contribution in [0.4, 0.5) is 11.4 Å². The Hall–Kier alpha value is -2.61. The summed E-state index contributed by atoms with van der Waals surface area (Å²) in [7, 11) is 0. The number of hydrogen-bond acceptors (Lipinski definition) is 4. The predicted molar refractivity (Wildman–Crippen MR) is 93.9 cm³/mol. The highest BCUT2D eigenvalue weighted by Gasteiger charge is 2.16. The second-order valence-electron chi connectivity index (χ2n) is 4.60. The van der Waals surface area contributed by atoms with Gasteiger partial charge in [-0.05, 0) is 38.2 Å². The standard InChI is InChI=1S/C15H19N5O2S/c1-3-20-13(14(16)21)11(9-17-20)19-15(23)18-10-7-5-6-8-12(10)22-4-2/h5-9H,3-4H2,1-2H3,(H2,16,21)(H2,18,19,23). The highest BCUT2D eigenvalue weighted by atomic mass is 32.1. The molecule has 0 radical (unpaired) electrons. The fourth-order valence-corrected chi connectivity index (χ4v) is 2.32. The van der Waals surface area contributed by atoms with Gasteiger partial charge in [-0.1, -0.05) is 12.1 Å². The maximum atomic E-state index is 11.6. The Bertz CT molecular complexity index is 714. The number of nitrogens with zero attached hydrogens (tertiary/aromatic N) is 2. The van der Waals surface area contributed by atoms with Gasteiger partial charge in [0.2, 0.25) is 0 Å². The van der Waals surface area contributed by atoms with E-state index in [0.29, 0.717) is 29.7 Å². The lowest BCUT2D eigenvalue weighted by atomic mass is 10.3. The molecule has 23 heavy (non-hydrogen) atoms. The zero-order chi connectivity index (χ0) is 16.8. The van der Waals surface area contributed by atoms with Crippen LogP contribution < -0.4 is 21.1 Å². The molecule has 0 unspecified atom stereocenters. The highest BCUT2D eigenvalue weighted by molar-refractivity contribution is 7.80. The van der Waals surface area contributed by atoms with Crippen LogP contribution in [0.25, 0.3) is 0 Å². The summed E-state index contributed by atoms with van der Waals surface area (Å²) in [6.45, 7) is 4.87. The molecule has 1 aromatic carbocycles. The summed E-state index contributed by atoms with van der Waals surface area (Å²) in [6.07, 6.45) is 1.52. The third-order valence-corrected chi connectivity index (χ3v) is 3.26. The average molecular weight is 333 g/mol. The van der Waals surface area contributed by atoms with Crippen molar-refractivity contribution in [3.63, 3.8) is 0 Å². The molecule has 7 nitrogen and oxygen atoms in total. The maximum Gasteiger partial charge on any atom is 0.269 e. The number of ether oxygens (including phenoxy) is 1. The number of benzene rings is 1. The van der Waals surface area contributed by atoms with Crippen LogP contribution >= 0.6 is 12.2 Å². The quantitative estimate of drug-likeness (QED) is 0.702. The zero-order valence-corrected chi connectivity index (χ0v) is 13.8. The first-order valence-corrected chi connectivity index (χ1v) is 7.63. The minimum atomic E-state index is -0.565. The third-order valence-electron chi connectivity index (χ3n) is 3.06. The monoisotopic (exact) mass is 333 g/mol. The van der Waals surface area contributed by atoms with E-state index in [1.807, 2.05) is 38.1 Å². The number of thiocarbonyl (C=S) groups is 1. The van der Waals surface area contributed by atoms with Crippen molar-refractivity contribution in [2.24, 2.45) is 5.73 Å². The largest absolute Gasteiger partial charge is 0.492 e. The Balaban J connectivity index is 2.15. The molecular weight excluding hydrogens is 314 g/mol. The number of aromatic nitrogens is 2. The molecule has 2 aromatic rings. The van der Waals surface area contributed by atoms with Gasteiger partial charge in [0, 0.05) is 6.54 Å². The molecule has 0 bridgehead atoms. The van der Waals surface area contributed by atoms with E-state index < -0.39 is 5.91 Å². The number of carbonyl (C=O) groups excluding carboxylic acids is 1. The second kappa shape index (κ2) is 7.59. The van der Waals surface area contributed by atoms with Crippen molar-refractivity contribution in [1.82, 2.24) is 9.78 Å². The topological polar surface area (TPSA) is 94.2 Å². The van der Waals surface area contributed by atoms with Crippen molar-refractivity contribution in [3.8, 4) is 5.75 Å². The molecule has 0 saturated heterocycles. The van der Waals surface area contributed by atoms with E-state index in [1.54, 1.807) is 0 Å². The minimum Gasteiger partial charge on any atom is -0.492 e. The molecule has 1 amide bonds. The summed E-state index contributed by atoms with van der Waals surface area (Å²) < 4.78 is 7.05. The lowest BCUT2D eigenvalue weighted by molar-refractivity contribution is 0.0991. The molecule has 0 aliphatic rings. The van der Waals surface area contributed by atoms with Crippen molar-refractivity contribution >= 4 is 34.6 Å². The van der Waals surface area contributed by atoms with Crippen LogP contribution in [0.3, 0.4) is 0 Å². The van der Waals surface area contributed by atoms with E-state index in [9.17, 15) is 4.79 Å². The smallest absolute Gasteiger partial charge is 0.269 e. The molecule has 1 aromatic heterocycles. The fourth-order valence-electron chi connectivity index (χ4n) is 2.10. The first-order valence-electron chi connectivity index (χ1n) is 7.22. The molecule has 0 saturated carbocycles. The van der Waals surface area contributed by atoms with Gasteiger partial charge >= 0.3 is 0 Å². The molecule has 2 rings (SSSR count). The lowest BCUT2D eigenvalue weighted by Gasteiger charge is -2.14. The van der Waals surface area contributed by atoms with Crippen LogP contribution in [0, 0.1) is 0 Å². The van der Waals surface area contributed by atoms with Crippen LogP contribution in [0.2, 0.25) is 0 Å². The first-order chi connectivity index (χ1) is 11.1. The van der Waals surface area contributed by atoms with Crippen LogP contribution in [0.15, 0.2) is 30.5 Å². The van der Waals surface area contributed by atoms with Gasteiger partial charge < -0.3 is 21.1 Å². The molecule has 0 aliphatic carbocycles. The van der Waals surface area contributed by atoms with Crippen LogP contribution in [0.1, 0.15) is 24.3 Å². The Labute approximate surface area is 139 Å². The van der Waals surface area contributed by atoms with Gasteiger partial charge in [-0.15, -0.1) is 0 Å². The minimum absolute atomic E-state index is 0.287. The normalized spacial score (nSPS) is 10.2. The Kier molecular flexibility index (Phi) is 5.53. The van der Waals surface area contributed by atoms with Crippen molar-refractivity contribution in [2.45, 2.75) is 20.4 Å². The van der Waals surface area contributed by atoms with E-state index in [0.717, 1.165) is 5.69 Å². The number of anilines is 2. The number of nitrogens with one attached hydrogen (secondary N) is 2. The molecular formula is C15H19N5O2S. The summed E-state index contributed by atoms with van der Waals surface area (Å²) in [4.78, 5) is 11.6. The van der Waals surface area contributed by atoms with E-state index in [2.05, 4.69) is 15.7 Å². The number of hydrogen-bond donors (Lipinski definition) is 3. The second-order valence-corrected chi connectivity index (χ2v) is 5.00. The Morgan fingerprint density at radius 3 is 2.65 bits per heavy atom. The molecule has 4 N–H and O–H groups in total. The Morgan fingerprint density at radius 2 is 2.00 bits per heavy atom. The van der Waals surface area contributed by atoms with E-state index >= 15 is 0 Å². The number of nitrogens with two attached hydrogens (primary N) is 1. The molecule has 0 atom stereocenters. The number of primary amides is 1. The Morgan fingerprint density at radius 1 is 1.30 bits per heavy atom. The molecule has 0 fully saturated rings. The van der Waals surface area contributed by atoms with Gasteiger partial charge in [0.15, 0.2) is 5.11 Å². The predicted octanol–water partition coefficient (Wildman–Crippen LogP) is 2.21. The van der Waals surface area contributed by atoms with E-state index in [1.165, 1.54) is 10.9 Å². The fraction of sp³-hybridized carbons (Fsp3) is 0.267. The molecule has 122 valence electrons. The number of aryl methyl sites for hydroxylation is 1. The lowest BCUT2D eigenvalue weighted by Crippen LogP contribution is -2.23. The highest BCUT2D eigenvalue weighted by Crippen LogP contribution is 2.24. The zero-order valence-electron chi connectivity index (χ0n) is 13.0. The number of carbonyl (C=O) groups is 1. The number of amides is 1. The maximum absolute atomic E-state index is 11.6. The van der Waals surface area contributed by atoms with Gasteiger partial charge in [-0.3, -0.25) is 9.48 Å². The van der Waals surface area contributed by atoms with Crippen molar-refractivity contribution in [1.29, 1.82) is 0 Å². The molecule has 8 heteroatoms. The van der Waals surface area contributed by atoms with Gasteiger partial charge in [-0.2, -0.15) is 5.10 Å². The van der Waals surface area contributed by atoms with Crippen LogP contribution in [-0.4, -0.2) is 27.4 Å². The van der Waals surface area contributed by atoms with Gasteiger partial charge in [0.05, 0.1) is 24.2 Å². The molecule has 1 heterocycles. The number of para-hydroxylation sites is 2. The van der Waals surface area contributed by atoms with Gasteiger partial charge in [0.25, 0.3) is 5.91 Å². The third kappa shape index (κ3) is 3.98. The molecule has 0 aliphatic heterocycles. The van der Waals surface area contributed by atoms with Crippen molar-refractivity contribution in [2.75, 3.05) is 17.2 Å². The molecule has 0 spiro atoms. The summed E-state index contributed by atoms with van der Waals surface area (Å²) in [5.41, 5.74) is 6.89. The van der Waals surface area contributed by atoms with E-state index in [-0.39, 0.29) is 5.69 Å². The summed E-state index contributed by atoms with van der Waals surface area (Å²) in [6, 6.07) is 7.45. The van der Waals surface area contributed by atoms with Crippen molar-refractivity contribution < 1.29 is 9.53 Å². The van der Waals surface area contributed by atoms with E-state index in [4.69, 9.17) is 22.7 Å². The van der Waals surface area contributed by atoms with Gasteiger partial charge in [0.1, 0.15) is 11.4 Å². The summed E-state index contributed by atoms with van der Waals surface area (Å²) in [5, 5.41) is 10.4. The summed E-state index contributed by atoms with van der Waals surface area (Å²) >= 11 is 5.29. The first kappa shape index (κ1) is 16.8.